The molecule has 1 aromatic heterocycles. The lowest BCUT2D eigenvalue weighted by molar-refractivity contribution is -0.140. The van der Waals surface area contributed by atoms with Gasteiger partial charge in [0.1, 0.15) is 5.75 Å². The van der Waals surface area contributed by atoms with Gasteiger partial charge in [0.25, 0.3) is 0 Å². The summed E-state index contributed by atoms with van der Waals surface area (Å²) in [5, 5.41) is 0. The molecule has 0 aliphatic heterocycles. The molecule has 2 saturated carbocycles. The van der Waals surface area contributed by atoms with Crippen LogP contribution in [-0.4, -0.2) is 10.5 Å². The number of carbonyl (C=O) groups is 1. The van der Waals surface area contributed by atoms with Gasteiger partial charge in [-0.1, -0.05) is 45.4 Å². The van der Waals surface area contributed by atoms with Gasteiger partial charge in [-0.15, -0.1) is 0 Å². The summed E-state index contributed by atoms with van der Waals surface area (Å²) in [6.07, 6.45) is 17.3. The molecule has 0 amide bonds. The zero-order valence-electron chi connectivity index (χ0n) is 19.8. The molecule has 0 unspecified atom stereocenters. The lowest BCUT2D eigenvalue weighted by Gasteiger charge is -2.37. The summed E-state index contributed by atoms with van der Waals surface area (Å²) in [5.41, 5.74) is 0.609. The maximum absolute atomic E-state index is 13.2. The number of benzene rings is 1. The largest absolute Gasteiger partial charge is 0.426 e. The minimum Gasteiger partial charge on any atom is -0.426 e. The van der Waals surface area contributed by atoms with Crippen molar-refractivity contribution in [1.82, 2.24) is 4.57 Å². The van der Waals surface area contributed by atoms with Gasteiger partial charge in [0, 0.05) is 18.1 Å². The second-order valence-corrected chi connectivity index (χ2v) is 10.2. The predicted octanol–water partition coefficient (Wildman–Crippen LogP) is 7.85. The van der Waals surface area contributed by atoms with Crippen molar-refractivity contribution in [2.45, 2.75) is 84.0 Å². The molecular weight excluding hydrogens is 420 g/mol. The van der Waals surface area contributed by atoms with Crippen LogP contribution in [0.15, 0.2) is 36.7 Å². The maximum Gasteiger partial charge on any atom is 0.314 e. The Labute approximate surface area is 196 Å². The molecule has 0 saturated heterocycles. The van der Waals surface area contributed by atoms with E-state index in [-0.39, 0.29) is 11.9 Å². The Morgan fingerprint density at radius 1 is 0.879 bits per heavy atom. The summed E-state index contributed by atoms with van der Waals surface area (Å²) < 4.78 is 33.5. The highest BCUT2D eigenvalue weighted by Crippen LogP contribution is 2.42. The van der Waals surface area contributed by atoms with E-state index in [0.717, 1.165) is 55.8 Å². The SMILES string of the molecule is CCCCCC1CCC(C2CCC(C(=O)Oc3ccc(-n4cc(F)c(F)c4)cc3)CC2)CC1. The standard InChI is InChI=1S/C28H37F2NO2/c1-2-3-4-5-20-6-8-21(9-7-20)22-10-12-23(13-11-22)28(32)33-25-16-14-24(15-17-25)31-18-26(29)27(30)19-31/h14-23H,2-13H2,1H3. The van der Waals surface area contributed by atoms with Crippen molar-refractivity contribution in [1.29, 1.82) is 0 Å². The van der Waals surface area contributed by atoms with Gasteiger partial charge in [-0.05, 0) is 80.5 Å². The molecule has 3 nitrogen and oxygen atoms in total. The first-order chi connectivity index (χ1) is 16.0. The summed E-state index contributed by atoms with van der Waals surface area (Å²) in [6, 6.07) is 6.73. The predicted molar refractivity (Wildman–Crippen MR) is 126 cm³/mol. The third kappa shape index (κ3) is 6.24. The van der Waals surface area contributed by atoms with Crippen LogP contribution in [0.5, 0.6) is 5.75 Å². The average Bonchev–Trinajstić information content (AvgIpc) is 3.18. The Morgan fingerprint density at radius 2 is 1.45 bits per heavy atom. The van der Waals surface area contributed by atoms with E-state index in [2.05, 4.69) is 6.92 Å². The number of hydrogen-bond acceptors (Lipinski definition) is 2. The third-order valence-electron chi connectivity index (χ3n) is 7.97. The number of aromatic nitrogens is 1. The van der Waals surface area contributed by atoms with Gasteiger partial charge in [-0.25, -0.2) is 8.78 Å². The van der Waals surface area contributed by atoms with Crippen LogP contribution in [0.4, 0.5) is 8.78 Å². The van der Waals surface area contributed by atoms with Crippen LogP contribution in [0.3, 0.4) is 0 Å². The summed E-state index contributed by atoms with van der Waals surface area (Å²) in [6.45, 7) is 2.27. The number of halogens is 2. The minimum atomic E-state index is -0.888. The van der Waals surface area contributed by atoms with E-state index in [9.17, 15) is 13.6 Å². The number of esters is 1. The maximum atomic E-state index is 13.2. The van der Waals surface area contributed by atoms with Crippen LogP contribution in [-0.2, 0) is 4.79 Å². The van der Waals surface area contributed by atoms with Crippen molar-refractivity contribution in [3.05, 3.63) is 48.3 Å². The molecule has 0 spiro atoms. The molecule has 0 N–H and O–H groups in total. The summed E-state index contributed by atoms with van der Waals surface area (Å²) in [4.78, 5) is 12.7. The molecule has 2 aliphatic carbocycles. The fourth-order valence-corrected chi connectivity index (χ4v) is 5.90. The third-order valence-corrected chi connectivity index (χ3v) is 7.97. The number of carbonyl (C=O) groups excluding carboxylic acids is 1. The molecule has 0 atom stereocenters. The highest BCUT2D eigenvalue weighted by molar-refractivity contribution is 5.75. The topological polar surface area (TPSA) is 31.2 Å². The van der Waals surface area contributed by atoms with Crippen molar-refractivity contribution >= 4 is 5.97 Å². The summed E-state index contributed by atoms with van der Waals surface area (Å²) in [5.74, 6) is 1.08. The summed E-state index contributed by atoms with van der Waals surface area (Å²) >= 11 is 0. The Kier molecular flexibility index (Phi) is 8.21. The molecule has 1 heterocycles. The second-order valence-electron chi connectivity index (χ2n) is 10.2. The van der Waals surface area contributed by atoms with Crippen molar-refractivity contribution < 1.29 is 18.3 Å². The normalized spacial score (nSPS) is 25.7. The Bertz CT molecular complexity index is 872. The van der Waals surface area contributed by atoms with Crippen molar-refractivity contribution in [2.24, 2.45) is 23.7 Å². The second kappa shape index (κ2) is 11.3. The molecule has 4 rings (SSSR count). The van der Waals surface area contributed by atoms with Crippen molar-refractivity contribution in [2.75, 3.05) is 0 Å². The molecule has 0 radical (unpaired) electrons. The smallest absolute Gasteiger partial charge is 0.314 e. The Balaban J connectivity index is 1.20. The lowest BCUT2D eigenvalue weighted by Crippen LogP contribution is -2.30. The van der Waals surface area contributed by atoms with Crippen LogP contribution < -0.4 is 4.74 Å². The number of hydrogen-bond donors (Lipinski definition) is 0. The molecule has 33 heavy (non-hydrogen) atoms. The van der Waals surface area contributed by atoms with Gasteiger partial charge in [0.05, 0.1) is 5.92 Å². The van der Waals surface area contributed by atoms with Gasteiger partial charge in [-0.3, -0.25) is 4.79 Å². The average molecular weight is 458 g/mol. The van der Waals surface area contributed by atoms with E-state index in [4.69, 9.17) is 4.74 Å². The van der Waals surface area contributed by atoms with E-state index < -0.39 is 11.6 Å². The fraction of sp³-hybridized carbons (Fsp3) is 0.607. The van der Waals surface area contributed by atoms with Gasteiger partial charge in [0.2, 0.25) is 0 Å². The molecule has 2 aromatic rings. The Hall–Kier alpha value is -2.17. The first kappa shape index (κ1) is 24.0. The zero-order chi connectivity index (χ0) is 23.2. The molecule has 2 fully saturated rings. The number of rotatable bonds is 8. The highest BCUT2D eigenvalue weighted by Gasteiger charge is 2.33. The van der Waals surface area contributed by atoms with Crippen LogP contribution >= 0.6 is 0 Å². The number of ether oxygens (including phenoxy) is 1. The van der Waals surface area contributed by atoms with Crippen LogP contribution in [0.2, 0.25) is 0 Å². The minimum absolute atomic E-state index is 0.0288. The monoisotopic (exact) mass is 457 g/mol. The van der Waals surface area contributed by atoms with Gasteiger partial charge >= 0.3 is 5.97 Å². The van der Waals surface area contributed by atoms with E-state index in [0.29, 0.717) is 11.4 Å². The molecular formula is C28H37F2NO2. The highest BCUT2D eigenvalue weighted by atomic mass is 19.2. The van der Waals surface area contributed by atoms with E-state index >= 15 is 0 Å². The Morgan fingerprint density at radius 3 is 2.03 bits per heavy atom. The van der Waals surface area contributed by atoms with Crippen molar-refractivity contribution in [3.8, 4) is 11.4 Å². The van der Waals surface area contributed by atoms with Gasteiger partial charge in [0.15, 0.2) is 11.6 Å². The summed E-state index contributed by atoms with van der Waals surface area (Å²) in [7, 11) is 0. The van der Waals surface area contributed by atoms with Crippen LogP contribution in [0.1, 0.15) is 84.0 Å². The fourth-order valence-electron chi connectivity index (χ4n) is 5.90. The first-order valence-electron chi connectivity index (χ1n) is 12.9. The molecule has 1 aromatic carbocycles. The molecule has 0 bridgehead atoms. The number of nitrogens with zero attached hydrogens (tertiary/aromatic N) is 1. The zero-order valence-corrected chi connectivity index (χ0v) is 19.8. The molecule has 5 heteroatoms. The quantitative estimate of drug-likeness (QED) is 0.230. The molecule has 180 valence electrons. The van der Waals surface area contributed by atoms with E-state index in [1.807, 2.05) is 0 Å². The van der Waals surface area contributed by atoms with E-state index in [1.165, 1.54) is 55.9 Å². The number of unbranched alkanes of at least 4 members (excludes halogenated alkanes) is 2. The lowest BCUT2D eigenvalue weighted by atomic mass is 9.68. The van der Waals surface area contributed by atoms with Gasteiger partial charge < -0.3 is 9.30 Å². The van der Waals surface area contributed by atoms with Crippen LogP contribution in [0.25, 0.3) is 5.69 Å². The van der Waals surface area contributed by atoms with Gasteiger partial charge in [-0.2, -0.15) is 0 Å². The van der Waals surface area contributed by atoms with Crippen molar-refractivity contribution in [3.63, 3.8) is 0 Å². The van der Waals surface area contributed by atoms with Crippen LogP contribution in [0, 0.1) is 35.3 Å². The molecule has 2 aliphatic rings. The van der Waals surface area contributed by atoms with E-state index in [1.54, 1.807) is 24.3 Å². The first-order valence-corrected chi connectivity index (χ1v) is 12.9.